The van der Waals surface area contributed by atoms with Gasteiger partial charge in [-0.15, -0.1) is 0 Å². The molecule has 6 nitrogen and oxygen atoms in total. The number of hydrogen-bond acceptors (Lipinski definition) is 6. The van der Waals surface area contributed by atoms with Crippen molar-refractivity contribution in [3.63, 3.8) is 0 Å². The maximum atomic E-state index is 13.2. The first-order valence-electron chi connectivity index (χ1n) is 13.5. The molecule has 0 saturated heterocycles. The van der Waals surface area contributed by atoms with Crippen LogP contribution in [-0.2, 0) is 14.2 Å². The highest BCUT2D eigenvalue weighted by Gasteiger charge is 2.35. The van der Waals surface area contributed by atoms with E-state index in [0.717, 1.165) is 21.5 Å². The lowest BCUT2D eigenvalue weighted by atomic mass is 9.87. The van der Waals surface area contributed by atoms with Crippen molar-refractivity contribution in [2.45, 2.75) is 13.3 Å². The third kappa shape index (κ3) is 6.28. The van der Waals surface area contributed by atoms with E-state index in [9.17, 15) is 14.4 Å². The van der Waals surface area contributed by atoms with E-state index in [2.05, 4.69) is 0 Å². The summed E-state index contributed by atoms with van der Waals surface area (Å²) in [6.07, 6.45) is 0.417. The number of carbonyl (C=O) groups is 3. The van der Waals surface area contributed by atoms with Gasteiger partial charge in [-0.3, -0.25) is 0 Å². The number of ether oxygens (including phenoxy) is 3. The molecule has 0 atom stereocenters. The molecule has 0 aliphatic heterocycles. The fourth-order valence-corrected chi connectivity index (χ4v) is 4.71. The molecule has 0 amide bonds. The Kier molecular flexibility index (Phi) is 8.39. The second-order valence-corrected chi connectivity index (χ2v) is 10.0. The monoisotopic (exact) mass is 546 g/mol. The fourth-order valence-electron chi connectivity index (χ4n) is 4.71. The van der Waals surface area contributed by atoms with Crippen LogP contribution in [0.2, 0.25) is 0 Å². The van der Waals surface area contributed by atoms with Crippen molar-refractivity contribution in [3.05, 3.63) is 132 Å². The second-order valence-electron chi connectivity index (χ2n) is 10.0. The van der Waals surface area contributed by atoms with Gasteiger partial charge in [-0.1, -0.05) is 97.9 Å². The van der Waals surface area contributed by atoms with Crippen molar-refractivity contribution in [1.29, 1.82) is 0 Å². The van der Waals surface area contributed by atoms with Crippen LogP contribution in [-0.4, -0.2) is 37.7 Å². The summed E-state index contributed by atoms with van der Waals surface area (Å²) in [5, 5.41) is 3.40. The van der Waals surface area contributed by atoms with Crippen LogP contribution >= 0.6 is 0 Å². The van der Waals surface area contributed by atoms with E-state index in [0.29, 0.717) is 23.1 Å². The van der Waals surface area contributed by atoms with Gasteiger partial charge in [-0.05, 0) is 52.2 Å². The van der Waals surface area contributed by atoms with Crippen LogP contribution in [0.15, 0.2) is 115 Å². The first-order valence-corrected chi connectivity index (χ1v) is 13.5. The van der Waals surface area contributed by atoms with Crippen molar-refractivity contribution >= 4 is 39.5 Å². The van der Waals surface area contributed by atoms with Crippen LogP contribution in [0, 0.1) is 5.41 Å². The van der Waals surface area contributed by atoms with E-state index in [4.69, 9.17) is 14.2 Å². The average molecular weight is 547 g/mol. The standard InChI is InChI=1S/C35H30O6/c1-2-35(22-39-32(36)27-14-4-3-5-15-27,23-40-33(37)30-20-10-16-25-12-6-8-18-28(25)30)24-41-34(38)31-21-11-17-26-13-7-9-19-29(26)31/h3-21H,2,22-24H2,1H3. The van der Waals surface area contributed by atoms with Crippen molar-refractivity contribution in [3.8, 4) is 0 Å². The molecule has 0 bridgehead atoms. The van der Waals surface area contributed by atoms with Gasteiger partial charge in [0.05, 0.1) is 22.1 Å². The zero-order valence-electron chi connectivity index (χ0n) is 22.7. The smallest absolute Gasteiger partial charge is 0.338 e. The van der Waals surface area contributed by atoms with E-state index in [1.807, 2.05) is 73.7 Å². The second kappa shape index (κ2) is 12.5. The Morgan fingerprint density at radius 2 is 0.927 bits per heavy atom. The summed E-state index contributed by atoms with van der Waals surface area (Å²) < 4.78 is 17.3. The molecule has 206 valence electrons. The molecule has 5 rings (SSSR count). The summed E-state index contributed by atoms with van der Waals surface area (Å²) in [5.74, 6) is -1.52. The molecule has 0 N–H and O–H groups in total. The highest BCUT2D eigenvalue weighted by Crippen LogP contribution is 2.28. The van der Waals surface area contributed by atoms with Crippen LogP contribution in [0.5, 0.6) is 0 Å². The average Bonchev–Trinajstić information content (AvgIpc) is 3.04. The largest absolute Gasteiger partial charge is 0.461 e. The number of benzene rings is 5. The molecule has 0 aliphatic rings. The van der Waals surface area contributed by atoms with E-state index >= 15 is 0 Å². The summed E-state index contributed by atoms with van der Waals surface area (Å²) in [6.45, 7) is 1.55. The molecule has 0 heterocycles. The molecule has 0 fully saturated rings. The number of rotatable bonds is 10. The van der Waals surface area contributed by atoms with Crippen LogP contribution < -0.4 is 0 Å². The summed E-state index contributed by atoms with van der Waals surface area (Å²) >= 11 is 0. The van der Waals surface area contributed by atoms with Gasteiger partial charge in [-0.2, -0.15) is 0 Å². The van der Waals surface area contributed by atoms with Gasteiger partial charge in [0, 0.05) is 0 Å². The van der Waals surface area contributed by atoms with E-state index in [1.165, 1.54) is 0 Å². The normalized spacial score (nSPS) is 11.2. The molecular weight excluding hydrogens is 516 g/mol. The first kappa shape index (κ1) is 27.6. The summed E-state index contributed by atoms with van der Waals surface area (Å²) in [7, 11) is 0. The van der Waals surface area contributed by atoms with Crippen LogP contribution in [0.4, 0.5) is 0 Å². The SMILES string of the molecule is CCC(COC(=O)c1ccccc1)(COC(=O)c1cccc2ccccc12)COC(=O)c1cccc2ccccc12. The topological polar surface area (TPSA) is 78.9 Å². The highest BCUT2D eigenvalue weighted by atomic mass is 16.6. The fraction of sp³-hybridized carbons (Fsp3) is 0.171. The molecule has 5 aromatic carbocycles. The Hall–Kier alpha value is -4.97. The minimum atomic E-state index is -0.967. The Bertz CT molecular complexity index is 1590. The Balaban J connectivity index is 1.36. The number of fused-ring (bicyclic) bond motifs is 2. The van der Waals surface area contributed by atoms with Gasteiger partial charge in [0.25, 0.3) is 0 Å². The van der Waals surface area contributed by atoms with Crippen molar-refractivity contribution in [2.24, 2.45) is 5.41 Å². The summed E-state index contributed by atoms with van der Waals surface area (Å²) in [5.41, 5.74) is 0.299. The lowest BCUT2D eigenvalue weighted by Crippen LogP contribution is -2.39. The van der Waals surface area contributed by atoms with Crippen molar-refractivity contribution in [1.82, 2.24) is 0 Å². The van der Waals surface area contributed by atoms with Gasteiger partial charge in [-0.25, -0.2) is 14.4 Å². The molecular formula is C35H30O6. The zero-order chi connectivity index (χ0) is 28.7. The molecule has 0 aliphatic carbocycles. The third-order valence-electron chi connectivity index (χ3n) is 7.31. The minimum Gasteiger partial charge on any atom is -0.461 e. The lowest BCUT2D eigenvalue weighted by molar-refractivity contribution is -0.0380. The van der Waals surface area contributed by atoms with Gasteiger partial charge in [0.15, 0.2) is 0 Å². The predicted octanol–water partition coefficient (Wildman–Crippen LogP) is 7.26. The first-order chi connectivity index (χ1) is 20.0. The molecule has 6 heteroatoms. The molecule has 0 spiro atoms. The van der Waals surface area contributed by atoms with Gasteiger partial charge in [0.1, 0.15) is 19.8 Å². The minimum absolute atomic E-state index is 0.108. The maximum Gasteiger partial charge on any atom is 0.338 e. The Labute approximate surface area is 238 Å². The summed E-state index contributed by atoms with van der Waals surface area (Å²) in [4.78, 5) is 39.3. The van der Waals surface area contributed by atoms with Crippen LogP contribution in [0.1, 0.15) is 44.4 Å². The van der Waals surface area contributed by atoms with Gasteiger partial charge >= 0.3 is 17.9 Å². The molecule has 41 heavy (non-hydrogen) atoms. The van der Waals surface area contributed by atoms with Crippen LogP contribution in [0.25, 0.3) is 21.5 Å². The highest BCUT2D eigenvalue weighted by molar-refractivity contribution is 6.05. The summed E-state index contributed by atoms with van der Waals surface area (Å²) in [6, 6.07) is 34.7. The number of carbonyl (C=O) groups excluding carboxylic acids is 3. The zero-order valence-corrected chi connectivity index (χ0v) is 22.7. The van der Waals surface area contributed by atoms with Gasteiger partial charge < -0.3 is 14.2 Å². The molecule has 0 unspecified atom stereocenters. The van der Waals surface area contributed by atoms with E-state index in [1.54, 1.807) is 48.5 Å². The Morgan fingerprint density at radius 3 is 1.41 bits per heavy atom. The Morgan fingerprint density at radius 1 is 0.512 bits per heavy atom. The van der Waals surface area contributed by atoms with Crippen LogP contribution in [0.3, 0.4) is 0 Å². The quantitative estimate of drug-likeness (QED) is 0.136. The van der Waals surface area contributed by atoms with E-state index in [-0.39, 0.29) is 19.8 Å². The third-order valence-corrected chi connectivity index (χ3v) is 7.31. The lowest BCUT2D eigenvalue weighted by Gasteiger charge is -2.31. The van der Waals surface area contributed by atoms with Crippen molar-refractivity contribution < 1.29 is 28.6 Å². The predicted molar refractivity (Wildman–Crippen MR) is 158 cm³/mol. The van der Waals surface area contributed by atoms with Gasteiger partial charge in [0.2, 0.25) is 0 Å². The maximum absolute atomic E-state index is 13.2. The number of esters is 3. The molecule has 0 radical (unpaired) electrons. The molecule has 0 saturated carbocycles. The van der Waals surface area contributed by atoms with E-state index < -0.39 is 23.3 Å². The molecule has 0 aromatic heterocycles. The number of hydrogen-bond donors (Lipinski definition) is 0. The van der Waals surface area contributed by atoms with Crippen molar-refractivity contribution in [2.75, 3.05) is 19.8 Å². The molecule has 5 aromatic rings.